The van der Waals surface area contributed by atoms with E-state index in [1.54, 1.807) is 19.1 Å². The van der Waals surface area contributed by atoms with Crippen LogP contribution in [0.1, 0.15) is 25.8 Å². The quantitative estimate of drug-likeness (QED) is 0.554. The fraction of sp³-hybridized carbons (Fsp3) is 0.467. The summed E-state index contributed by atoms with van der Waals surface area (Å²) in [6, 6.07) is 4.99. The first kappa shape index (κ1) is 16.4. The molecule has 0 atom stereocenters. The maximum atomic E-state index is 12.3. The van der Waals surface area contributed by atoms with Crippen molar-refractivity contribution >= 4 is 0 Å². The highest BCUT2D eigenvalue weighted by molar-refractivity contribution is 5.43. The maximum absolute atomic E-state index is 12.3. The summed E-state index contributed by atoms with van der Waals surface area (Å²) in [7, 11) is 0. The molecular formula is C15H21F2NO2. The molecule has 0 amide bonds. The molecule has 3 nitrogen and oxygen atoms in total. The zero-order chi connectivity index (χ0) is 14.8. The predicted molar refractivity (Wildman–Crippen MR) is 75.4 cm³/mol. The Hall–Kier alpha value is -1.62. The molecule has 20 heavy (non-hydrogen) atoms. The number of alkyl halides is 2. The molecule has 0 aliphatic carbocycles. The number of ether oxygens (including phenoxy) is 2. The lowest BCUT2D eigenvalue weighted by atomic mass is 10.2. The van der Waals surface area contributed by atoms with Crippen LogP contribution in [0.4, 0.5) is 8.78 Å². The Kier molecular flexibility index (Phi) is 7.65. The Morgan fingerprint density at radius 1 is 1.30 bits per heavy atom. The van der Waals surface area contributed by atoms with Crippen molar-refractivity contribution < 1.29 is 18.3 Å². The van der Waals surface area contributed by atoms with Gasteiger partial charge in [0.15, 0.2) is 11.5 Å². The third kappa shape index (κ3) is 6.02. The summed E-state index contributed by atoms with van der Waals surface area (Å²) < 4.78 is 34.3. The zero-order valence-electron chi connectivity index (χ0n) is 11.9. The van der Waals surface area contributed by atoms with Crippen LogP contribution in [0, 0.1) is 0 Å². The Morgan fingerprint density at radius 2 is 2.10 bits per heavy atom. The number of hydrogen-bond donors (Lipinski definition) is 1. The Morgan fingerprint density at radius 3 is 2.75 bits per heavy atom. The number of rotatable bonds is 9. The SMILES string of the molecule is C/C=C/CCNCc1ccc(OC(F)F)c(OCC)c1. The van der Waals surface area contributed by atoms with Crippen molar-refractivity contribution in [2.24, 2.45) is 0 Å². The summed E-state index contributed by atoms with van der Waals surface area (Å²) in [5, 5.41) is 3.27. The van der Waals surface area contributed by atoms with Crippen molar-refractivity contribution in [1.82, 2.24) is 5.32 Å². The first-order valence-corrected chi connectivity index (χ1v) is 6.69. The van der Waals surface area contributed by atoms with Gasteiger partial charge < -0.3 is 14.8 Å². The molecule has 1 aromatic rings. The van der Waals surface area contributed by atoms with Gasteiger partial charge in [-0.3, -0.25) is 0 Å². The minimum Gasteiger partial charge on any atom is -0.490 e. The predicted octanol–water partition coefficient (Wildman–Crippen LogP) is 3.74. The molecule has 0 aliphatic rings. The van der Waals surface area contributed by atoms with Gasteiger partial charge in [0.1, 0.15) is 0 Å². The van der Waals surface area contributed by atoms with E-state index >= 15 is 0 Å². The van der Waals surface area contributed by atoms with E-state index in [9.17, 15) is 8.78 Å². The lowest BCUT2D eigenvalue weighted by Gasteiger charge is -2.13. The molecule has 112 valence electrons. The van der Waals surface area contributed by atoms with Gasteiger partial charge in [0.05, 0.1) is 6.61 Å². The number of halogens is 2. The van der Waals surface area contributed by atoms with Crippen LogP contribution in [0.5, 0.6) is 11.5 Å². The lowest BCUT2D eigenvalue weighted by molar-refractivity contribution is -0.0514. The van der Waals surface area contributed by atoms with Crippen molar-refractivity contribution in [1.29, 1.82) is 0 Å². The number of nitrogens with one attached hydrogen (secondary N) is 1. The van der Waals surface area contributed by atoms with Crippen LogP contribution in [0.2, 0.25) is 0 Å². The minimum absolute atomic E-state index is 0.0690. The first-order valence-electron chi connectivity index (χ1n) is 6.69. The summed E-state index contributed by atoms with van der Waals surface area (Å²) in [6.45, 7) is 2.86. The highest BCUT2D eigenvalue weighted by Crippen LogP contribution is 2.29. The summed E-state index contributed by atoms with van der Waals surface area (Å²) in [6.07, 6.45) is 5.05. The molecule has 0 spiro atoms. The molecule has 0 radical (unpaired) electrons. The topological polar surface area (TPSA) is 30.5 Å². The standard InChI is InChI=1S/C15H21F2NO2/c1-3-5-6-9-18-11-12-7-8-13(20-15(16)17)14(10-12)19-4-2/h3,5,7-8,10,15,18H,4,6,9,11H2,1-2H3/b5-3+. The van der Waals surface area contributed by atoms with Crippen molar-refractivity contribution in [3.05, 3.63) is 35.9 Å². The Labute approximate surface area is 118 Å². The molecule has 0 saturated heterocycles. The third-order valence-electron chi connectivity index (χ3n) is 2.58. The summed E-state index contributed by atoms with van der Waals surface area (Å²) in [5.41, 5.74) is 0.968. The van der Waals surface area contributed by atoms with Crippen molar-refractivity contribution in [2.75, 3.05) is 13.2 Å². The fourth-order valence-corrected chi connectivity index (χ4v) is 1.71. The van der Waals surface area contributed by atoms with Gasteiger partial charge in [-0.15, -0.1) is 0 Å². The lowest BCUT2D eigenvalue weighted by Crippen LogP contribution is -2.14. The monoisotopic (exact) mass is 285 g/mol. The van der Waals surface area contributed by atoms with Crippen molar-refractivity contribution in [3.8, 4) is 11.5 Å². The number of benzene rings is 1. The molecule has 0 fully saturated rings. The largest absolute Gasteiger partial charge is 0.490 e. The van der Waals surface area contributed by atoms with E-state index in [0.29, 0.717) is 18.9 Å². The molecule has 1 rings (SSSR count). The smallest absolute Gasteiger partial charge is 0.387 e. The van der Waals surface area contributed by atoms with Crippen LogP contribution in [-0.4, -0.2) is 19.8 Å². The summed E-state index contributed by atoms with van der Waals surface area (Å²) in [4.78, 5) is 0. The van der Waals surface area contributed by atoms with Crippen molar-refractivity contribution in [3.63, 3.8) is 0 Å². The van der Waals surface area contributed by atoms with Gasteiger partial charge in [-0.25, -0.2) is 0 Å². The van der Waals surface area contributed by atoms with Crippen LogP contribution in [0.25, 0.3) is 0 Å². The van der Waals surface area contributed by atoms with Gasteiger partial charge in [-0.1, -0.05) is 18.2 Å². The molecular weight excluding hydrogens is 264 g/mol. The normalized spacial score (nSPS) is 11.2. The summed E-state index contributed by atoms with van der Waals surface area (Å²) in [5.74, 6) is 0.417. The van der Waals surface area contributed by atoms with E-state index in [-0.39, 0.29) is 5.75 Å². The highest BCUT2D eigenvalue weighted by atomic mass is 19.3. The van der Waals surface area contributed by atoms with Crippen LogP contribution >= 0.6 is 0 Å². The van der Waals surface area contributed by atoms with E-state index in [4.69, 9.17) is 4.74 Å². The van der Waals surface area contributed by atoms with Crippen LogP contribution < -0.4 is 14.8 Å². The molecule has 1 N–H and O–H groups in total. The van der Waals surface area contributed by atoms with Crippen LogP contribution in [0.3, 0.4) is 0 Å². The molecule has 0 aliphatic heterocycles. The average molecular weight is 285 g/mol. The number of allylic oxidation sites excluding steroid dienone is 1. The van der Waals surface area contributed by atoms with Gasteiger partial charge in [-0.2, -0.15) is 8.78 Å². The fourth-order valence-electron chi connectivity index (χ4n) is 1.71. The Balaban J connectivity index is 2.61. The second-order valence-corrected chi connectivity index (χ2v) is 4.13. The molecule has 1 aromatic carbocycles. The summed E-state index contributed by atoms with van der Waals surface area (Å²) >= 11 is 0. The molecule has 5 heteroatoms. The molecule has 0 aromatic heterocycles. The van der Waals surface area contributed by atoms with E-state index in [2.05, 4.69) is 16.1 Å². The van der Waals surface area contributed by atoms with Gasteiger partial charge in [0, 0.05) is 6.54 Å². The second kappa shape index (κ2) is 9.31. The van der Waals surface area contributed by atoms with Gasteiger partial charge in [0.25, 0.3) is 0 Å². The van der Waals surface area contributed by atoms with Crippen molar-refractivity contribution in [2.45, 2.75) is 33.4 Å². The Bertz CT molecular complexity index is 422. The van der Waals surface area contributed by atoms with Crippen LogP contribution in [0.15, 0.2) is 30.4 Å². The molecule has 0 bridgehead atoms. The van der Waals surface area contributed by atoms with Crippen LogP contribution in [-0.2, 0) is 6.54 Å². The van der Waals surface area contributed by atoms with E-state index in [1.165, 1.54) is 6.07 Å². The van der Waals surface area contributed by atoms with Gasteiger partial charge >= 0.3 is 6.61 Å². The van der Waals surface area contributed by atoms with E-state index in [1.807, 2.05) is 13.0 Å². The molecule has 0 unspecified atom stereocenters. The maximum Gasteiger partial charge on any atom is 0.387 e. The highest BCUT2D eigenvalue weighted by Gasteiger charge is 2.11. The third-order valence-corrected chi connectivity index (χ3v) is 2.58. The zero-order valence-corrected chi connectivity index (χ0v) is 11.9. The van der Waals surface area contributed by atoms with E-state index in [0.717, 1.165) is 18.5 Å². The van der Waals surface area contributed by atoms with E-state index < -0.39 is 6.61 Å². The molecule has 0 heterocycles. The molecule has 0 saturated carbocycles. The average Bonchev–Trinajstić information content (AvgIpc) is 2.41. The first-order chi connectivity index (χ1) is 9.67. The minimum atomic E-state index is -2.85. The second-order valence-electron chi connectivity index (χ2n) is 4.13. The van der Waals surface area contributed by atoms with Gasteiger partial charge in [-0.05, 0) is 44.5 Å². The number of hydrogen-bond acceptors (Lipinski definition) is 3. The van der Waals surface area contributed by atoms with Gasteiger partial charge in [0.2, 0.25) is 0 Å².